The lowest BCUT2D eigenvalue weighted by molar-refractivity contribution is 0.980. The molecule has 0 atom stereocenters. The Morgan fingerprint density at radius 2 is 2.00 bits per heavy atom. The minimum atomic E-state index is 0.758. The van der Waals surface area contributed by atoms with Gasteiger partial charge < -0.3 is 10.3 Å². The lowest BCUT2D eigenvalue weighted by Gasteiger charge is -1.97. The average molecular weight is 304 g/mol. The molecule has 0 saturated carbocycles. The number of nitrogens with two attached hydrogens (primary N) is 1. The van der Waals surface area contributed by atoms with Crippen LogP contribution in [0.25, 0.3) is 10.9 Å². The van der Waals surface area contributed by atoms with E-state index in [9.17, 15) is 0 Å². The monoisotopic (exact) mass is 302 g/mol. The Morgan fingerprint density at radius 1 is 1.31 bits per heavy atom. The summed E-state index contributed by atoms with van der Waals surface area (Å²) in [6, 6.07) is 6.10. The van der Waals surface area contributed by atoms with E-state index in [0.717, 1.165) is 25.7 Å². The molecule has 0 spiro atoms. The van der Waals surface area contributed by atoms with Gasteiger partial charge >= 0.3 is 0 Å². The molecule has 68 valence electrons. The molecule has 0 bridgehead atoms. The molecule has 0 radical (unpaired) electrons. The molecule has 0 saturated heterocycles. The number of nitrogen functional groups attached to an aromatic ring is 1. The van der Waals surface area contributed by atoms with Gasteiger partial charge in [0.1, 0.15) is 5.82 Å². The van der Waals surface area contributed by atoms with Gasteiger partial charge in [0.2, 0.25) is 0 Å². The molecule has 0 fully saturated rings. The van der Waals surface area contributed by atoms with E-state index in [1.165, 1.54) is 0 Å². The molecule has 1 heterocycles. The molecule has 0 aliphatic carbocycles. The Bertz CT molecular complexity index is 474. The summed E-state index contributed by atoms with van der Waals surface area (Å²) < 4.78 is 4.00. The van der Waals surface area contributed by atoms with Crippen molar-refractivity contribution in [2.75, 3.05) is 5.73 Å². The number of halogens is 2. The summed E-state index contributed by atoms with van der Waals surface area (Å²) >= 11 is 6.90. The van der Waals surface area contributed by atoms with Crippen LogP contribution in [0, 0.1) is 0 Å². The number of rotatable bonds is 0. The number of hydrogen-bond acceptors (Lipinski definition) is 1. The molecule has 2 N–H and O–H groups in total. The quantitative estimate of drug-likeness (QED) is 0.795. The van der Waals surface area contributed by atoms with E-state index in [1.54, 1.807) is 0 Å². The van der Waals surface area contributed by atoms with Crippen LogP contribution >= 0.6 is 31.9 Å². The second-order valence-corrected chi connectivity index (χ2v) is 4.63. The second kappa shape index (κ2) is 3.03. The zero-order valence-corrected chi connectivity index (χ0v) is 10.2. The summed E-state index contributed by atoms with van der Waals surface area (Å²) in [5.74, 6) is 0.758. The van der Waals surface area contributed by atoms with Crippen molar-refractivity contribution in [3.05, 3.63) is 27.1 Å². The molecule has 0 aliphatic rings. The van der Waals surface area contributed by atoms with E-state index in [4.69, 9.17) is 5.73 Å². The van der Waals surface area contributed by atoms with Crippen molar-refractivity contribution in [2.24, 2.45) is 7.05 Å². The van der Waals surface area contributed by atoms with Gasteiger partial charge in [0.15, 0.2) is 0 Å². The van der Waals surface area contributed by atoms with Gasteiger partial charge in [-0.25, -0.2) is 0 Å². The lowest BCUT2D eigenvalue weighted by Crippen LogP contribution is -1.95. The highest BCUT2D eigenvalue weighted by Gasteiger charge is 2.09. The van der Waals surface area contributed by atoms with Crippen molar-refractivity contribution in [1.29, 1.82) is 0 Å². The molecule has 0 unspecified atom stereocenters. The first-order chi connectivity index (χ1) is 6.11. The molecule has 2 nitrogen and oxygen atoms in total. The van der Waals surface area contributed by atoms with Crippen molar-refractivity contribution in [3.63, 3.8) is 0 Å². The summed E-state index contributed by atoms with van der Waals surface area (Å²) in [6.07, 6.45) is 0. The van der Waals surface area contributed by atoms with Gasteiger partial charge in [0.25, 0.3) is 0 Å². The number of hydrogen-bond donors (Lipinski definition) is 1. The molecule has 1 aromatic carbocycles. The van der Waals surface area contributed by atoms with Crippen molar-refractivity contribution < 1.29 is 0 Å². The van der Waals surface area contributed by atoms with E-state index in [0.29, 0.717) is 0 Å². The predicted molar refractivity (Wildman–Crippen MR) is 62.7 cm³/mol. The van der Waals surface area contributed by atoms with Gasteiger partial charge in [0, 0.05) is 16.9 Å². The molecule has 0 aliphatic heterocycles. The Labute approximate surface area is 93.0 Å². The normalized spacial score (nSPS) is 11.0. The second-order valence-electron chi connectivity index (χ2n) is 2.92. The number of nitrogens with zero attached hydrogens (tertiary/aromatic N) is 1. The van der Waals surface area contributed by atoms with Crippen molar-refractivity contribution in [1.82, 2.24) is 4.57 Å². The third-order valence-corrected chi connectivity index (χ3v) is 3.47. The molecule has 1 aromatic heterocycles. The van der Waals surface area contributed by atoms with Gasteiger partial charge in [-0.3, -0.25) is 0 Å². The number of aryl methyl sites for hydroxylation is 1. The van der Waals surface area contributed by atoms with E-state index in [-0.39, 0.29) is 0 Å². The SMILES string of the molecule is Cn1c(N)c(Br)c2ccc(Br)cc21. The maximum Gasteiger partial charge on any atom is 0.118 e. The minimum Gasteiger partial charge on any atom is -0.384 e. The number of benzene rings is 1. The molecule has 2 rings (SSSR count). The first kappa shape index (κ1) is 9.09. The Balaban J connectivity index is 2.95. The van der Waals surface area contributed by atoms with Gasteiger partial charge in [0.05, 0.1) is 9.99 Å². The van der Waals surface area contributed by atoms with Crippen LogP contribution in [0.5, 0.6) is 0 Å². The van der Waals surface area contributed by atoms with Crippen LogP contribution in [-0.4, -0.2) is 4.57 Å². The van der Waals surface area contributed by atoms with Crippen LogP contribution < -0.4 is 5.73 Å². The van der Waals surface area contributed by atoms with Gasteiger partial charge in [-0.2, -0.15) is 0 Å². The standard InChI is InChI=1S/C9H8Br2N2/c1-13-7-4-5(10)2-3-6(7)8(11)9(13)12/h2-4H,12H2,1H3. The summed E-state index contributed by atoms with van der Waals surface area (Å²) in [6.45, 7) is 0. The Hall–Kier alpha value is -0.480. The van der Waals surface area contributed by atoms with E-state index in [1.807, 2.05) is 23.7 Å². The maximum absolute atomic E-state index is 5.87. The van der Waals surface area contributed by atoms with Crippen molar-refractivity contribution in [3.8, 4) is 0 Å². The third-order valence-electron chi connectivity index (χ3n) is 2.14. The van der Waals surface area contributed by atoms with Gasteiger partial charge in [-0.1, -0.05) is 22.0 Å². The lowest BCUT2D eigenvalue weighted by atomic mass is 10.2. The highest BCUT2D eigenvalue weighted by molar-refractivity contribution is 9.11. The topological polar surface area (TPSA) is 30.9 Å². The van der Waals surface area contributed by atoms with Crippen LogP contribution in [0.15, 0.2) is 27.1 Å². The number of anilines is 1. The fraction of sp³-hybridized carbons (Fsp3) is 0.111. The summed E-state index contributed by atoms with van der Waals surface area (Å²) in [7, 11) is 1.95. The molecule has 13 heavy (non-hydrogen) atoms. The molecular formula is C9H8Br2N2. The van der Waals surface area contributed by atoms with Crippen molar-refractivity contribution >= 4 is 48.6 Å². The maximum atomic E-state index is 5.87. The van der Waals surface area contributed by atoms with Gasteiger partial charge in [-0.05, 0) is 28.1 Å². The first-order valence-corrected chi connectivity index (χ1v) is 5.39. The van der Waals surface area contributed by atoms with Crippen LogP contribution in [-0.2, 0) is 7.05 Å². The number of aromatic nitrogens is 1. The van der Waals surface area contributed by atoms with Crippen molar-refractivity contribution in [2.45, 2.75) is 0 Å². The van der Waals surface area contributed by atoms with Crippen LogP contribution in [0.2, 0.25) is 0 Å². The molecule has 0 amide bonds. The zero-order chi connectivity index (χ0) is 9.59. The van der Waals surface area contributed by atoms with Crippen LogP contribution in [0.3, 0.4) is 0 Å². The van der Waals surface area contributed by atoms with Gasteiger partial charge in [-0.15, -0.1) is 0 Å². The molecule has 4 heteroatoms. The summed E-state index contributed by atoms with van der Waals surface area (Å²) in [5, 5.41) is 1.14. The summed E-state index contributed by atoms with van der Waals surface area (Å²) in [4.78, 5) is 0. The zero-order valence-electron chi connectivity index (χ0n) is 7.01. The van der Waals surface area contributed by atoms with Crippen LogP contribution in [0.1, 0.15) is 0 Å². The highest BCUT2D eigenvalue weighted by Crippen LogP contribution is 2.33. The molecule has 2 aromatic rings. The highest BCUT2D eigenvalue weighted by atomic mass is 79.9. The predicted octanol–water partition coefficient (Wildman–Crippen LogP) is 3.29. The summed E-state index contributed by atoms with van der Waals surface area (Å²) in [5.41, 5.74) is 6.99. The van der Waals surface area contributed by atoms with E-state index in [2.05, 4.69) is 37.9 Å². The third kappa shape index (κ3) is 1.28. The molecular weight excluding hydrogens is 296 g/mol. The smallest absolute Gasteiger partial charge is 0.118 e. The fourth-order valence-corrected chi connectivity index (χ4v) is 2.33. The van der Waals surface area contributed by atoms with E-state index < -0.39 is 0 Å². The fourth-order valence-electron chi connectivity index (χ4n) is 1.38. The van der Waals surface area contributed by atoms with E-state index >= 15 is 0 Å². The largest absolute Gasteiger partial charge is 0.384 e. The number of fused-ring (bicyclic) bond motifs is 1. The first-order valence-electron chi connectivity index (χ1n) is 3.80. The average Bonchev–Trinajstić information content (AvgIpc) is 2.32. The minimum absolute atomic E-state index is 0.758. The Kier molecular flexibility index (Phi) is 2.12. The Morgan fingerprint density at radius 3 is 2.69 bits per heavy atom. The van der Waals surface area contributed by atoms with Crippen LogP contribution in [0.4, 0.5) is 5.82 Å².